The van der Waals surface area contributed by atoms with Gasteiger partial charge in [0.2, 0.25) is 5.88 Å². The van der Waals surface area contributed by atoms with E-state index in [-0.39, 0.29) is 5.56 Å². The van der Waals surface area contributed by atoms with E-state index in [1.807, 2.05) is 6.92 Å². The van der Waals surface area contributed by atoms with Crippen LogP contribution in [0.1, 0.15) is 12.5 Å². The lowest BCUT2D eigenvalue weighted by atomic mass is 10.2. The number of ether oxygens (including phenoxy) is 1. The van der Waals surface area contributed by atoms with Gasteiger partial charge < -0.3 is 9.84 Å². The first-order chi connectivity index (χ1) is 11.6. The van der Waals surface area contributed by atoms with Crippen molar-refractivity contribution in [3.63, 3.8) is 0 Å². The Hall–Kier alpha value is -3.35. The molecule has 1 aliphatic rings. The van der Waals surface area contributed by atoms with E-state index in [2.05, 4.69) is 9.98 Å². The molecule has 1 aromatic carbocycles. The molecule has 0 atom stereocenters. The fourth-order valence-electron chi connectivity index (χ4n) is 2.36. The summed E-state index contributed by atoms with van der Waals surface area (Å²) in [5.74, 6) is -0.0549. The Morgan fingerprint density at radius 2 is 2.12 bits per heavy atom. The predicted octanol–water partition coefficient (Wildman–Crippen LogP) is 1.61. The predicted molar refractivity (Wildman–Crippen MR) is 91.1 cm³/mol. The summed E-state index contributed by atoms with van der Waals surface area (Å²) in [6.07, 6.45) is 6.37. The quantitative estimate of drug-likeness (QED) is 0.892. The van der Waals surface area contributed by atoms with E-state index in [9.17, 15) is 14.7 Å². The van der Waals surface area contributed by atoms with Crippen LogP contribution in [-0.4, -0.2) is 27.5 Å². The number of para-hydroxylation sites is 2. The molecule has 2 heterocycles. The van der Waals surface area contributed by atoms with Gasteiger partial charge in [0.25, 0.3) is 5.56 Å². The van der Waals surface area contributed by atoms with Crippen LogP contribution in [0.5, 0.6) is 11.6 Å². The lowest BCUT2D eigenvalue weighted by Crippen LogP contribution is -2.30. The molecule has 2 N–H and O–H groups in total. The molecule has 24 heavy (non-hydrogen) atoms. The Labute approximate surface area is 136 Å². The average molecular weight is 325 g/mol. The first-order valence-corrected chi connectivity index (χ1v) is 7.34. The van der Waals surface area contributed by atoms with Gasteiger partial charge in [0, 0.05) is 6.21 Å². The van der Waals surface area contributed by atoms with Crippen LogP contribution in [-0.2, 0) is 0 Å². The summed E-state index contributed by atoms with van der Waals surface area (Å²) in [4.78, 5) is 30.5. The van der Waals surface area contributed by atoms with Gasteiger partial charge in [-0.25, -0.2) is 9.36 Å². The van der Waals surface area contributed by atoms with E-state index in [4.69, 9.17) is 4.74 Å². The average Bonchev–Trinajstić information content (AvgIpc) is 3.06. The van der Waals surface area contributed by atoms with Gasteiger partial charge in [-0.2, -0.15) is 0 Å². The molecule has 7 heteroatoms. The van der Waals surface area contributed by atoms with Crippen molar-refractivity contribution < 1.29 is 9.84 Å². The van der Waals surface area contributed by atoms with Gasteiger partial charge in [0.05, 0.1) is 18.0 Å². The summed E-state index contributed by atoms with van der Waals surface area (Å²) >= 11 is 0. The van der Waals surface area contributed by atoms with Crippen molar-refractivity contribution in [2.45, 2.75) is 6.92 Å². The fraction of sp³-hybridized carbons (Fsp3) is 0.118. The molecule has 0 saturated carbocycles. The van der Waals surface area contributed by atoms with Crippen molar-refractivity contribution in [1.29, 1.82) is 0 Å². The van der Waals surface area contributed by atoms with E-state index in [1.54, 1.807) is 42.6 Å². The summed E-state index contributed by atoms with van der Waals surface area (Å²) in [6.45, 7) is 2.21. The molecule has 0 radical (unpaired) electrons. The van der Waals surface area contributed by atoms with Crippen molar-refractivity contribution in [2.75, 3.05) is 6.61 Å². The zero-order valence-electron chi connectivity index (χ0n) is 12.9. The van der Waals surface area contributed by atoms with Crippen molar-refractivity contribution >= 4 is 12.3 Å². The first kappa shape index (κ1) is 15.5. The van der Waals surface area contributed by atoms with E-state index in [0.717, 1.165) is 4.57 Å². The molecular formula is C17H15N3O4. The zero-order chi connectivity index (χ0) is 17.1. The number of hydrogen-bond acceptors (Lipinski definition) is 5. The van der Waals surface area contributed by atoms with Gasteiger partial charge in [0.15, 0.2) is 0 Å². The molecule has 2 aromatic rings. The van der Waals surface area contributed by atoms with Crippen LogP contribution in [0.25, 0.3) is 11.8 Å². The highest BCUT2D eigenvalue weighted by atomic mass is 16.5. The molecular weight excluding hydrogens is 310 g/mol. The fourth-order valence-corrected chi connectivity index (χ4v) is 2.36. The summed E-state index contributed by atoms with van der Waals surface area (Å²) in [5, 5.41) is 10.5. The minimum Gasteiger partial charge on any atom is -0.494 e. The SMILES string of the molecule is CCOc1ccccc1-n1c(O)c(C=C2C=CC=N2)c(=O)[nH]c1=O. The molecule has 0 saturated heterocycles. The lowest BCUT2D eigenvalue weighted by molar-refractivity contribution is 0.336. The minimum atomic E-state index is -0.753. The van der Waals surface area contributed by atoms with E-state index in [0.29, 0.717) is 23.7 Å². The summed E-state index contributed by atoms with van der Waals surface area (Å²) in [6, 6.07) is 6.76. The van der Waals surface area contributed by atoms with Gasteiger partial charge >= 0.3 is 5.69 Å². The number of nitrogens with one attached hydrogen (secondary N) is 1. The van der Waals surface area contributed by atoms with Crippen LogP contribution in [0.4, 0.5) is 0 Å². The summed E-state index contributed by atoms with van der Waals surface area (Å²) < 4.78 is 6.49. The molecule has 7 nitrogen and oxygen atoms in total. The van der Waals surface area contributed by atoms with Gasteiger partial charge in [-0.3, -0.25) is 14.8 Å². The number of benzene rings is 1. The first-order valence-electron chi connectivity index (χ1n) is 7.34. The molecule has 0 bridgehead atoms. The monoisotopic (exact) mass is 325 g/mol. The van der Waals surface area contributed by atoms with Crippen molar-refractivity contribution in [3.05, 3.63) is 68.5 Å². The highest BCUT2D eigenvalue weighted by molar-refractivity contribution is 5.79. The van der Waals surface area contributed by atoms with Crippen molar-refractivity contribution in [1.82, 2.24) is 9.55 Å². The Morgan fingerprint density at radius 1 is 1.33 bits per heavy atom. The van der Waals surface area contributed by atoms with E-state index >= 15 is 0 Å². The summed E-state index contributed by atoms with van der Waals surface area (Å²) in [5.41, 5.74) is -0.662. The normalized spacial score (nSPS) is 14.5. The number of aromatic nitrogens is 2. The number of rotatable bonds is 4. The number of H-pyrrole nitrogens is 1. The van der Waals surface area contributed by atoms with Gasteiger partial charge in [-0.15, -0.1) is 0 Å². The smallest absolute Gasteiger partial charge is 0.335 e. The molecule has 1 aromatic heterocycles. The van der Waals surface area contributed by atoms with Crippen molar-refractivity contribution in [3.8, 4) is 17.3 Å². The number of hydrogen-bond donors (Lipinski definition) is 2. The molecule has 0 unspecified atom stereocenters. The van der Waals surface area contributed by atoms with Crippen LogP contribution in [0, 0.1) is 0 Å². The summed E-state index contributed by atoms with van der Waals surface area (Å²) in [7, 11) is 0. The van der Waals surface area contributed by atoms with Crippen LogP contribution >= 0.6 is 0 Å². The number of aliphatic imine (C=N–C) groups is 1. The molecule has 0 aliphatic carbocycles. The number of nitrogens with zero attached hydrogens (tertiary/aromatic N) is 2. The molecule has 3 rings (SSSR count). The second-order valence-corrected chi connectivity index (χ2v) is 4.94. The third-order valence-corrected chi connectivity index (χ3v) is 3.40. The van der Waals surface area contributed by atoms with Gasteiger partial charge in [-0.1, -0.05) is 12.1 Å². The standard InChI is InChI=1S/C17H15N3O4/c1-2-24-14-8-4-3-7-13(14)20-16(22)12(15(21)19-17(20)23)10-11-6-5-9-18-11/h3-10,22H,2H2,1H3,(H,19,21,23). The number of aromatic amines is 1. The topological polar surface area (TPSA) is 96.7 Å². The van der Waals surface area contributed by atoms with Gasteiger partial charge in [-0.05, 0) is 37.3 Å². The molecule has 0 amide bonds. The van der Waals surface area contributed by atoms with Crippen LogP contribution in [0.3, 0.4) is 0 Å². The molecule has 1 aliphatic heterocycles. The molecule has 122 valence electrons. The van der Waals surface area contributed by atoms with Gasteiger partial charge in [0.1, 0.15) is 11.3 Å². The third kappa shape index (κ3) is 2.79. The Kier molecular flexibility index (Phi) is 4.15. The highest BCUT2D eigenvalue weighted by Gasteiger charge is 2.17. The Bertz CT molecular complexity index is 966. The van der Waals surface area contributed by atoms with E-state index in [1.165, 1.54) is 6.08 Å². The third-order valence-electron chi connectivity index (χ3n) is 3.40. The molecule has 0 fully saturated rings. The van der Waals surface area contributed by atoms with Crippen LogP contribution in [0.15, 0.2) is 56.7 Å². The Morgan fingerprint density at radius 3 is 2.83 bits per heavy atom. The Balaban J connectivity index is 2.25. The maximum Gasteiger partial charge on any atom is 0.335 e. The zero-order valence-corrected chi connectivity index (χ0v) is 12.9. The second kappa shape index (κ2) is 6.41. The minimum absolute atomic E-state index is 0.0559. The van der Waals surface area contributed by atoms with E-state index < -0.39 is 17.1 Å². The molecule has 0 spiro atoms. The highest BCUT2D eigenvalue weighted by Crippen LogP contribution is 2.26. The van der Waals surface area contributed by atoms with Crippen LogP contribution < -0.4 is 16.0 Å². The maximum absolute atomic E-state index is 12.2. The lowest BCUT2D eigenvalue weighted by Gasteiger charge is -2.14. The second-order valence-electron chi connectivity index (χ2n) is 4.94. The largest absolute Gasteiger partial charge is 0.494 e. The number of aromatic hydroxyl groups is 1. The number of allylic oxidation sites excluding steroid dienone is 2. The van der Waals surface area contributed by atoms with Crippen molar-refractivity contribution in [2.24, 2.45) is 4.99 Å². The maximum atomic E-state index is 12.2. The van der Waals surface area contributed by atoms with Crippen LogP contribution in [0.2, 0.25) is 0 Å².